The molecule has 2 unspecified atom stereocenters. The fraction of sp³-hybridized carbons (Fsp3) is 0.323. The van der Waals surface area contributed by atoms with Gasteiger partial charge in [-0.3, -0.25) is 9.59 Å². The summed E-state index contributed by atoms with van der Waals surface area (Å²) in [6.07, 6.45) is 1.90. The SMILES string of the molecule is N#Cc1cccc(-c2ccc3c(c2)CC(N(CC(=O)Nc2cc(Cl)cc(Cl)c2)C(=O)CCN2CCC(O)C2)C3)c1. The number of aliphatic hydroxyl groups excluding tert-OH is 1. The normalized spacial score (nSPS) is 18.2. The van der Waals surface area contributed by atoms with Crippen molar-refractivity contribution in [2.24, 2.45) is 0 Å². The minimum atomic E-state index is -0.353. The maximum Gasteiger partial charge on any atom is 0.244 e. The summed E-state index contributed by atoms with van der Waals surface area (Å²) in [6, 6.07) is 20.6. The molecule has 2 amide bonds. The maximum atomic E-state index is 13.6. The molecule has 1 aliphatic carbocycles. The topological polar surface area (TPSA) is 96.7 Å². The lowest BCUT2D eigenvalue weighted by atomic mass is 9.99. The van der Waals surface area contributed by atoms with Crippen molar-refractivity contribution in [1.29, 1.82) is 5.26 Å². The molecule has 1 saturated heterocycles. The highest BCUT2D eigenvalue weighted by molar-refractivity contribution is 6.35. The Morgan fingerprint density at radius 3 is 2.50 bits per heavy atom. The number of aliphatic hydroxyl groups is 1. The number of likely N-dealkylation sites (tertiary alicyclic amines) is 1. The van der Waals surface area contributed by atoms with Crippen molar-refractivity contribution in [3.8, 4) is 17.2 Å². The van der Waals surface area contributed by atoms with E-state index in [0.29, 0.717) is 53.6 Å². The summed E-state index contributed by atoms with van der Waals surface area (Å²) in [6.45, 7) is 1.77. The van der Waals surface area contributed by atoms with Gasteiger partial charge >= 0.3 is 0 Å². The van der Waals surface area contributed by atoms with Gasteiger partial charge in [-0.15, -0.1) is 0 Å². The van der Waals surface area contributed by atoms with E-state index in [1.54, 1.807) is 29.2 Å². The van der Waals surface area contributed by atoms with Gasteiger partial charge in [-0.05, 0) is 71.8 Å². The number of anilines is 1. The number of carbonyl (C=O) groups excluding carboxylic acids is 2. The van der Waals surface area contributed by atoms with E-state index in [-0.39, 0.29) is 36.9 Å². The van der Waals surface area contributed by atoms with Gasteiger partial charge in [0.2, 0.25) is 11.8 Å². The Balaban J connectivity index is 1.33. The van der Waals surface area contributed by atoms with Gasteiger partial charge in [0.05, 0.1) is 17.7 Å². The van der Waals surface area contributed by atoms with Crippen molar-refractivity contribution >= 4 is 40.7 Å². The van der Waals surface area contributed by atoms with E-state index >= 15 is 0 Å². The smallest absolute Gasteiger partial charge is 0.244 e. The Labute approximate surface area is 243 Å². The zero-order valence-electron chi connectivity index (χ0n) is 21.9. The van der Waals surface area contributed by atoms with Gasteiger partial charge in [-0.25, -0.2) is 0 Å². The first-order chi connectivity index (χ1) is 19.3. The van der Waals surface area contributed by atoms with E-state index in [4.69, 9.17) is 23.2 Å². The Morgan fingerprint density at radius 1 is 1.02 bits per heavy atom. The van der Waals surface area contributed by atoms with Crippen molar-refractivity contribution in [1.82, 2.24) is 9.80 Å². The number of rotatable bonds is 8. The summed E-state index contributed by atoms with van der Waals surface area (Å²) in [4.78, 5) is 30.4. The average Bonchev–Trinajstić information content (AvgIpc) is 3.55. The molecule has 1 aliphatic heterocycles. The zero-order chi connectivity index (χ0) is 28.2. The molecular weight excluding hydrogens is 547 g/mol. The number of hydrogen-bond donors (Lipinski definition) is 2. The van der Waals surface area contributed by atoms with E-state index in [9.17, 15) is 20.0 Å². The number of β-amino-alcohol motifs (C(OH)–C–C–N with tert-alkyl or cyclic N) is 1. The quantitative estimate of drug-likeness (QED) is 0.396. The molecule has 206 valence electrons. The Bertz CT molecular complexity index is 1450. The fourth-order valence-electron chi connectivity index (χ4n) is 5.58. The molecule has 3 aromatic rings. The van der Waals surface area contributed by atoms with Crippen LogP contribution in [0.25, 0.3) is 11.1 Å². The van der Waals surface area contributed by atoms with Gasteiger partial charge in [-0.2, -0.15) is 5.26 Å². The highest BCUT2D eigenvalue weighted by atomic mass is 35.5. The van der Waals surface area contributed by atoms with E-state index in [1.807, 2.05) is 24.3 Å². The van der Waals surface area contributed by atoms with Gasteiger partial charge < -0.3 is 20.2 Å². The molecule has 0 saturated carbocycles. The Kier molecular flexibility index (Phi) is 8.72. The van der Waals surface area contributed by atoms with Crippen LogP contribution in [0.4, 0.5) is 5.69 Å². The van der Waals surface area contributed by atoms with Gasteiger partial charge in [0.15, 0.2) is 0 Å². The molecule has 1 fully saturated rings. The monoisotopic (exact) mass is 576 g/mol. The minimum Gasteiger partial charge on any atom is -0.392 e. The second-order valence-electron chi connectivity index (χ2n) is 10.5. The van der Waals surface area contributed by atoms with Crippen LogP contribution in [-0.2, 0) is 22.4 Å². The third-order valence-corrected chi connectivity index (χ3v) is 7.99. The summed E-state index contributed by atoms with van der Waals surface area (Å²) in [5.41, 5.74) is 5.33. The third kappa shape index (κ3) is 6.83. The van der Waals surface area contributed by atoms with E-state index in [2.05, 4.69) is 28.4 Å². The second-order valence-corrected chi connectivity index (χ2v) is 11.3. The van der Waals surface area contributed by atoms with Crippen LogP contribution in [0.15, 0.2) is 60.7 Å². The average molecular weight is 578 g/mol. The Morgan fingerprint density at radius 2 is 1.77 bits per heavy atom. The summed E-state index contributed by atoms with van der Waals surface area (Å²) < 4.78 is 0. The Hall–Kier alpha value is -3.41. The van der Waals surface area contributed by atoms with Gasteiger partial charge in [0.25, 0.3) is 0 Å². The molecule has 9 heteroatoms. The standard InChI is InChI=1S/C31H30Cl2N4O3/c32-25-14-26(33)16-27(15-25)35-30(39)19-37(31(40)7-9-36-8-6-29(38)18-36)28-12-23-5-4-22(11-24(23)13-28)21-3-1-2-20(10-21)17-34/h1-5,10-11,14-16,28-29,38H,6-9,12-13,18-19H2,(H,35,39). The van der Waals surface area contributed by atoms with Crippen molar-refractivity contribution in [2.75, 3.05) is 31.5 Å². The van der Waals surface area contributed by atoms with Gasteiger partial charge in [-0.1, -0.05) is 53.5 Å². The first kappa shape index (κ1) is 28.1. The number of nitrogens with zero attached hydrogens (tertiary/aromatic N) is 3. The molecule has 40 heavy (non-hydrogen) atoms. The summed E-state index contributed by atoms with van der Waals surface area (Å²) in [5.74, 6) is -0.423. The first-order valence-corrected chi connectivity index (χ1v) is 14.1. The summed E-state index contributed by atoms with van der Waals surface area (Å²) in [5, 5.41) is 22.8. The van der Waals surface area contributed by atoms with Crippen molar-refractivity contribution < 1.29 is 14.7 Å². The third-order valence-electron chi connectivity index (χ3n) is 7.55. The molecule has 2 atom stereocenters. The van der Waals surface area contributed by atoms with E-state index in [0.717, 1.165) is 28.8 Å². The molecule has 3 aromatic carbocycles. The van der Waals surface area contributed by atoms with Crippen LogP contribution in [0.5, 0.6) is 0 Å². The van der Waals surface area contributed by atoms with Crippen molar-refractivity contribution in [2.45, 2.75) is 37.8 Å². The number of hydrogen-bond acceptors (Lipinski definition) is 5. The first-order valence-electron chi connectivity index (χ1n) is 13.4. The number of nitrogens with one attached hydrogen (secondary N) is 1. The van der Waals surface area contributed by atoms with Gasteiger partial charge in [0.1, 0.15) is 6.54 Å². The molecule has 0 aromatic heterocycles. The lowest BCUT2D eigenvalue weighted by Gasteiger charge is -2.29. The van der Waals surface area contributed by atoms with Crippen molar-refractivity contribution in [3.05, 3.63) is 87.4 Å². The van der Waals surface area contributed by atoms with Crippen LogP contribution in [0.3, 0.4) is 0 Å². The number of fused-ring (bicyclic) bond motifs is 1. The molecule has 2 aliphatic rings. The van der Waals surface area contributed by atoms with Crippen LogP contribution in [0, 0.1) is 11.3 Å². The summed E-state index contributed by atoms with van der Waals surface area (Å²) in [7, 11) is 0. The number of nitriles is 1. The van der Waals surface area contributed by atoms with Crippen LogP contribution in [0.2, 0.25) is 10.0 Å². The zero-order valence-corrected chi connectivity index (χ0v) is 23.5. The van der Waals surface area contributed by atoms with Crippen LogP contribution < -0.4 is 5.32 Å². The van der Waals surface area contributed by atoms with Crippen LogP contribution >= 0.6 is 23.2 Å². The molecule has 2 N–H and O–H groups in total. The second kappa shape index (κ2) is 12.4. The predicted molar refractivity (Wildman–Crippen MR) is 156 cm³/mol. The number of benzene rings is 3. The molecule has 0 bridgehead atoms. The fourth-order valence-corrected chi connectivity index (χ4v) is 6.10. The molecule has 7 nitrogen and oxygen atoms in total. The van der Waals surface area contributed by atoms with Crippen molar-refractivity contribution in [3.63, 3.8) is 0 Å². The van der Waals surface area contributed by atoms with E-state index in [1.165, 1.54) is 0 Å². The number of halogens is 2. The number of amides is 2. The largest absolute Gasteiger partial charge is 0.392 e. The van der Waals surface area contributed by atoms with Gasteiger partial charge in [0, 0.05) is 47.8 Å². The lowest BCUT2D eigenvalue weighted by molar-refractivity contribution is -0.137. The molecule has 5 rings (SSSR count). The number of carbonyl (C=O) groups is 2. The molecular formula is C31H30Cl2N4O3. The van der Waals surface area contributed by atoms with E-state index < -0.39 is 0 Å². The van der Waals surface area contributed by atoms with Crippen LogP contribution in [0.1, 0.15) is 29.5 Å². The molecule has 1 heterocycles. The van der Waals surface area contributed by atoms with Crippen LogP contribution in [-0.4, -0.2) is 65.0 Å². The highest BCUT2D eigenvalue weighted by Crippen LogP contribution is 2.31. The maximum absolute atomic E-state index is 13.6. The summed E-state index contributed by atoms with van der Waals surface area (Å²) >= 11 is 12.2. The lowest BCUT2D eigenvalue weighted by Crippen LogP contribution is -2.46. The predicted octanol–water partition coefficient (Wildman–Crippen LogP) is 4.92. The highest BCUT2D eigenvalue weighted by Gasteiger charge is 2.32. The molecule has 0 radical (unpaired) electrons. The molecule has 0 spiro atoms. The minimum absolute atomic E-state index is 0.0959.